The third-order valence-corrected chi connectivity index (χ3v) is 5.82. The number of anilines is 2. The van der Waals surface area contributed by atoms with Crippen LogP contribution >= 0.6 is 0 Å². The number of nitrogens with one attached hydrogen (secondary N) is 1. The van der Waals surface area contributed by atoms with Gasteiger partial charge in [0.15, 0.2) is 0 Å². The van der Waals surface area contributed by atoms with E-state index in [4.69, 9.17) is 9.47 Å². The van der Waals surface area contributed by atoms with Crippen molar-refractivity contribution in [3.05, 3.63) is 47.5 Å². The van der Waals surface area contributed by atoms with E-state index in [1.165, 1.54) is 0 Å². The second-order valence-corrected chi connectivity index (χ2v) is 7.62. The molecule has 2 aliphatic rings. The molecule has 29 heavy (non-hydrogen) atoms. The van der Waals surface area contributed by atoms with E-state index in [1.807, 2.05) is 23.1 Å². The zero-order valence-electron chi connectivity index (χ0n) is 16.9. The molecule has 4 rings (SSSR count). The molecule has 1 saturated carbocycles. The standard InChI is InChI=1S/C23H26N2O4/c1-28-19-11-17(12-20(14-19)29-2)22(26)24-18-8-7-15-9-10-25(21(15)13-18)23(27)16-5-3-4-6-16/h7-8,11-14,16H,3-6,9-10H2,1-2H3,(H,24,26). The summed E-state index contributed by atoms with van der Waals surface area (Å²) in [6.07, 6.45) is 5.10. The van der Waals surface area contributed by atoms with E-state index in [1.54, 1.807) is 32.4 Å². The van der Waals surface area contributed by atoms with Crippen molar-refractivity contribution in [2.24, 2.45) is 5.92 Å². The molecule has 0 spiro atoms. The molecule has 1 N–H and O–H groups in total. The SMILES string of the molecule is COc1cc(OC)cc(C(=O)Nc2ccc3c(c2)N(C(=O)C2CCCC2)CC3)c1. The van der Waals surface area contributed by atoms with Gasteiger partial charge in [0.25, 0.3) is 5.91 Å². The number of hydrogen-bond donors (Lipinski definition) is 1. The van der Waals surface area contributed by atoms with Gasteiger partial charge in [0, 0.05) is 35.5 Å². The minimum atomic E-state index is -0.256. The van der Waals surface area contributed by atoms with Crippen molar-refractivity contribution in [3.8, 4) is 11.5 Å². The predicted molar refractivity (Wildman–Crippen MR) is 112 cm³/mol. The van der Waals surface area contributed by atoms with Crippen LogP contribution in [0.3, 0.4) is 0 Å². The summed E-state index contributed by atoms with van der Waals surface area (Å²) in [6, 6.07) is 10.8. The summed E-state index contributed by atoms with van der Waals surface area (Å²) >= 11 is 0. The van der Waals surface area contributed by atoms with E-state index in [-0.39, 0.29) is 17.7 Å². The van der Waals surface area contributed by atoms with Crippen LogP contribution in [-0.2, 0) is 11.2 Å². The van der Waals surface area contributed by atoms with Crippen molar-refractivity contribution in [3.63, 3.8) is 0 Å². The van der Waals surface area contributed by atoms with E-state index in [0.717, 1.165) is 49.9 Å². The van der Waals surface area contributed by atoms with Crippen LogP contribution < -0.4 is 19.7 Å². The molecule has 0 bridgehead atoms. The normalized spacial score (nSPS) is 15.9. The van der Waals surface area contributed by atoms with Gasteiger partial charge in [-0.15, -0.1) is 0 Å². The van der Waals surface area contributed by atoms with Gasteiger partial charge in [-0.05, 0) is 49.1 Å². The molecule has 0 atom stereocenters. The van der Waals surface area contributed by atoms with Crippen LogP contribution in [0.4, 0.5) is 11.4 Å². The number of amides is 2. The molecule has 6 nitrogen and oxygen atoms in total. The first-order valence-electron chi connectivity index (χ1n) is 10.1. The highest BCUT2D eigenvalue weighted by atomic mass is 16.5. The Bertz CT molecular complexity index is 912. The van der Waals surface area contributed by atoms with Crippen molar-refractivity contribution in [2.45, 2.75) is 32.1 Å². The molecule has 2 aromatic rings. The van der Waals surface area contributed by atoms with Crippen LogP contribution in [0.15, 0.2) is 36.4 Å². The number of ether oxygens (including phenoxy) is 2. The van der Waals surface area contributed by atoms with Gasteiger partial charge in [-0.25, -0.2) is 0 Å². The molecule has 0 saturated heterocycles. The van der Waals surface area contributed by atoms with Gasteiger partial charge in [-0.3, -0.25) is 9.59 Å². The topological polar surface area (TPSA) is 67.9 Å². The Morgan fingerprint density at radius 2 is 1.69 bits per heavy atom. The maximum absolute atomic E-state index is 12.9. The summed E-state index contributed by atoms with van der Waals surface area (Å²) in [5, 5.41) is 2.93. The van der Waals surface area contributed by atoms with Gasteiger partial charge in [-0.1, -0.05) is 18.9 Å². The number of rotatable bonds is 5. The van der Waals surface area contributed by atoms with Crippen LogP contribution in [0.25, 0.3) is 0 Å². The lowest BCUT2D eigenvalue weighted by Gasteiger charge is -2.21. The monoisotopic (exact) mass is 394 g/mol. The average Bonchev–Trinajstić information content (AvgIpc) is 3.42. The second-order valence-electron chi connectivity index (χ2n) is 7.62. The molecule has 1 aliphatic carbocycles. The molecule has 2 amide bonds. The van der Waals surface area contributed by atoms with Gasteiger partial charge >= 0.3 is 0 Å². The van der Waals surface area contributed by atoms with Gasteiger partial charge in [0.05, 0.1) is 14.2 Å². The number of methoxy groups -OCH3 is 2. The van der Waals surface area contributed by atoms with Gasteiger partial charge in [0.1, 0.15) is 11.5 Å². The molecule has 2 aromatic carbocycles. The number of benzene rings is 2. The lowest BCUT2D eigenvalue weighted by Crippen LogP contribution is -2.33. The Kier molecular flexibility index (Phi) is 5.43. The quantitative estimate of drug-likeness (QED) is 0.831. The van der Waals surface area contributed by atoms with Gasteiger partial charge in [0.2, 0.25) is 5.91 Å². The number of nitrogens with zero attached hydrogens (tertiary/aromatic N) is 1. The number of carbonyl (C=O) groups is 2. The Morgan fingerprint density at radius 3 is 2.34 bits per heavy atom. The van der Waals surface area contributed by atoms with Gasteiger partial charge < -0.3 is 19.7 Å². The van der Waals surface area contributed by atoms with E-state index < -0.39 is 0 Å². The smallest absolute Gasteiger partial charge is 0.255 e. The summed E-state index contributed by atoms with van der Waals surface area (Å²) in [6.45, 7) is 0.717. The predicted octanol–water partition coefficient (Wildman–Crippen LogP) is 4.04. The number of carbonyl (C=O) groups excluding carboxylic acids is 2. The minimum absolute atomic E-state index is 0.142. The molecule has 0 unspecified atom stereocenters. The first kappa shape index (κ1) is 19.3. The zero-order chi connectivity index (χ0) is 20.4. The highest BCUT2D eigenvalue weighted by Crippen LogP contribution is 2.35. The Labute approximate surface area is 170 Å². The van der Waals surface area contributed by atoms with Gasteiger partial charge in [-0.2, -0.15) is 0 Å². The maximum Gasteiger partial charge on any atom is 0.255 e. The minimum Gasteiger partial charge on any atom is -0.497 e. The largest absolute Gasteiger partial charge is 0.497 e. The van der Waals surface area contributed by atoms with Crippen molar-refractivity contribution in [1.29, 1.82) is 0 Å². The Hall–Kier alpha value is -3.02. The van der Waals surface area contributed by atoms with Crippen molar-refractivity contribution < 1.29 is 19.1 Å². The average molecular weight is 394 g/mol. The molecule has 0 aromatic heterocycles. The van der Waals surface area contributed by atoms with Crippen LogP contribution in [0.1, 0.15) is 41.6 Å². The third-order valence-electron chi connectivity index (χ3n) is 5.82. The van der Waals surface area contributed by atoms with E-state index in [0.29, 0.717) is 22.7 Å². The fraction of sp³-hybridized carbons (Fsp3) is 0.391. The molecule has 1 fully saturated rings. The second kappa shape index (κ2) is 8.15. The highest BCUT2D eigenvalue weighted by molar-refractivity contribution is 6.05. The summed E-state index contributed by atoms with van der Waals surface area (Å²) in [4.78, 5) is 27.6. The van der Waals surface area contributed by atoms with E-state index >= 15 is 0 Å². The zero-order valence-corrected chi connectivity index (χ0v) is 16.9. The number of fused-ring (bicyclic) bond motifs is 1. The summed E-state index contributed by atoms with van der Waals surface area (Å²) in [7, 11) is 3.10. The Balaban J connectivity index is 1.54. The molecule has 1 heterocycles. The number of hydrogen-bond acceptors (Lipinski definition) is 4. The summed E-state index contributed by atoms with van der Waals surface area (Å²) in [5.74, 6) is 1.22. The van der Waals surface area contributed by atoms with Crippen molar-refractivity contribution >= 4 is 23.2 Å². The first-order chi connectivity index (χ1) is 14.1. The molecule has 152 valence electrons. The van der Waals surface area contributed by atoms with Crippen molar-refractivity contribution in [2.75, 3.05) is 31.0 Å². The third kappa shape index (κ3) is 3.92. The lowest BCUT2D eigenvalue weighted by molar-refractivity contribution is -0.122. The fourth-order valence-electron chi connectivity index (χ4n) is 4.22. The molecular weight excluding hydrogens is 368 g/mol. The van der Waals surface area contributed by atoms with Crippen LogP contribution in [0, 0.1) is 5.92 Å². The van der Waals surface area contributed by atoms with Crippen LogP contribution in [0.2, 0.25) is 0 Å². The fourth-order valence-corrected chi connectivity index (χ4v) is 4.22. The first-order valence-corrected chi connectivity index (χ1v) is 10.1. The molecule has 0 radical (unpaired) electrons. The van der Waals surface area contributed by atoms with Crippen LogP contribution in [-0.4, -0.2) is 32.6 Å². The lowest BCUT2D eigenvalue weighted by atomic mass is 10.1. The molecule has 1 aliphatic heterocycles. The highest BCUT2D eigenvalue weighted by Gasteiger charge is 2.32. The molecular formula is C23H26N2O4. The van der Waals surface area contributed by atoms with E-state index in [9.17, 15) is 9.59 Å². The summed E-state index contributed by atoms with van der Waals surface area (Å²) in [5.41, 5.74) is 3.18. The maximum atomic E-state index is 12.9. The van der Waals surface area contributed by atoms with Crippen LogP contribution in [0.5, 0.6) is 11.5 Å². The van der Waals surface area contributed by atoms with Crippen molar-refractivity contribution in [1.82, 2.24) is 0 Å². The Morgan fingerprint density at radius 1 is 1.00 bits per heavy atom. The molecule has 6 heteroatoms. The summed E-state index contributed by atoms with van der Waals surface area (Å²) < 4.78 is 10.5. The van der Waals surface area contributed by atoms with E-state index in [2.05, 4.69) is 5.32 Å².